The fraction of sp³-hybridized carbons (Fsp3) is 0.625. The van der Waals surface area contributed by atoms with Crippen LogP contribution in [0.1, 0.15) is 24.4 Å². The predicted octanol–water partition coefficient (Wildman–Crippen LogP) is 1.77. The molecule has 2 aliphatic heterocycles. The molecule has 1 atom stereocenters. The highest BCUT2D eigenvalue weighted by molar-refractivity contribution is 5.45. The molecule has 1 aromatic rings. The van der Waals surface area contributed by atoms with Gasteiger partial charge >= 0.3 is 0 Å². The Labute approximate surface area is 126 Å². The van der Waals surface area contributed by atoms with Gasteiger partial charge in [-0.3, -0.25) is 4.90 Å². The van der Waals surface area contributed by atoms with Crippen molar-refractivity contribution in [2.45, 2.75) is 18.9 Å². The van der Waals surface area contributed by atoms with Crippen molar-refractivity contribution in [3.8, 4) is 11.5 Å². The maximum Gasteiger partial charge on any atom is 0.231 e. The van der Waals surface area contributed by atoms with E-state index >= 15 is 0 Å². The Balaban J connectivity index is 1.68. The molecule has 0 bridgehead atoms. The molecule has 0 spiro atoms. The van der Waals surface area contributed by atoms with E-state index in [9.17, 15) is 0 Å². The van der Waals surface area contributed by atoms with Gasteiger partial charge in [0.1, 0.15) is 0 Å². The van der Waals surface area contributed by atoms with E-state index in [0.717, 1.165) is 44.1 Å². The molecule has 2 N–H and O–H groups in total. The first-order valence-electron chi connectivity index (χ1n) is 7.65. The zero-order valence-corrected chi connectivity index (χ0v) is 12.6. The number of ether oxygens (including phenoxy) is 3. The molecule has 0 saturated carbocycles. The number of hydrogen-bond donors (Lipinski definition) is 1. The van der Waals surface area contributed by atoms with E-state index in [1.54, 1.807) is 0 Å². The monoisotopic (exact) mass is 292 g/mol. The third kappa shape index (κ3) is 3.31. The molecule has 5 nitrogen and oxygen atoms in total. The molecule has 2 heterocycles. The molecule has 1 unspecified atom stereocenters. The van der Waals surface area contributed by atoms with Gasteiger partial charge in [-0.2, -0.15) is 0 Å². The molecule has 116 valence electrons. The highest BCUT2D eigenvalue weighted by atomic mass is 16.7. The number of likely N-dealkylation sites (N-methyl/N-ethyl adjacent to an activating group) is 1. The summed E-state index contributed by atoms with van der Waals surface area (Å²) in [4.78, 5) is 2.35. The van der Waals surface area contributed by atoms with Gasteiger partial charge in [-0.05, 0) is 43.5 Å². The largest absolute Gasteiger partial charge is 0.454 e. The van der Waals surface area contributed by atoms with Gasteiger partial charge in [0.05, 0.1) is 0 Å². The Morgan fingerprint density at radius 2 is 2.00 bits per heavy atom. The van der Waals surface area contributed by atoms with E-state index in [-0.39, 0.29) is 6.04 Å². The zero-order chi connectivity index (χ0) is 14.7. The van der Waals surface area contributed by atoms with E-state index in [0.29, 0.717) is 19.3 Å². The van der Waals surface area contributed by atoms with E-state index in [1.807, 2.05) is 6.07 Å². The summed E-state index contributed by atoms with van der Waals surface area (Å²) in [6, 6.07) is 6.33. The Morgan fingerprint density at radius 3 is 2.76 bits per heavy atom. The highest BCUT2D eigenvalue weighted by Gasteiger charge is 2.23. The second-order valence-corrected chi connectivity index (χ2v) is 5.86. The van der Waals surface area contributed by atoms with Crippen molar-refractivity contribution in [1.82, 2.24) is 4.90 Å². The lowest BCUT2D eigenvalue weighted by Gasteiger charge is -2.32. The van der Waals surface area contributed by atoms with Crippen molar-refractivity contribution in [2.75, 3.05) is 40.1 Å². The van der Waals surface area contributed by atoms with Crippen molar-refractivity contribution < 1.29 is 14.2 Å². The van der Waals surface area contributed by atoms with Crippen LogP contribution in [0.15, 0.2) is 18.2 Å². The van der Waals surface area contributed by atoms with Crippen LogP contribution in [-0.4, -0.2) is 45.0 Å². The molecule has 0 amide bonds. The van der Waals surface area contributed by atoms with Gasteiger partial charge in [0.25, 0.3) is 0 Å². The van der Waals surface area contributed by atoms with Crippen LogP contribution >= 0.6 is 0 Å². The third-order valence-electron chi connectivity index (χ3n) is 4.42. The lowest BCUT2D eigenvalue weighted by molar-refractivity contribution is 0.0507. The van der Waals surface area contributed by atoms with Crippen LogP contribution in [0.4, 0.5) is 0 Å². The quantitative estimate of drug-likeness (QED) is 0.896. The molecule has 0 aromatic heterocycles. The summed E-state index contributed by atoms with van der Waals surface area (Å²) >= 11 is 0. The smallest absolute Gasteiger partial charge is 0.231 e. The van der Waals surface area contributed by atoms with Crippen LogP contribution in [-0.2, 0) is 4.74 Å². The summed E-state index contributed by atoms with van der Waals surface area (Å²) < 4.78 is 16.3. The van der Waals surface area contributed by atoms with Crippen LogP contribution < -0.4 is 15.2 Å². The summed E-state index contributed by atoms with van der Waals surface area (Å²) in [6.07, 6.45) is 2.28. The summed E-state index contributed by atoms with van der Waals surface area (Å²) in [6.45, 7) is 3.73. The fourth-order valence-corrected chi connectivity index (χ4v) is 3.15. The van der Waals surface area contributed by atoms with Crippen molar-refractivity contribution in [1.29, 1.82) is 0 Å². The molecule has 21 heavy (non-hydrogen) atoms. The summed E-state index contributed by atoms with van der Waals surface area (Å²) in [7, 11) is 2.15. The maximum atomic E-state index is 6.02. The minimum absolute atomic E-state index is 0.211. The van der Waals surface area contributed by atoms with Gasteiger partial charge < -0.3 is 19.9 Å². The molecule has 5 heteroatoms. The van der Waals surface area contributed by atoms with Crippen LogP contribution in [0.3, 0.4) is 0 Å². The Morgan fingerprint density at radius 1 is 1.24 bits per heavy atom. The molecule has 2 aliphatic rings. The lowest BCUT2D eigenvalue weighted by atomic mass is 9.97. The summed E-state index contributed by atoms with van der Waals surface area (Å²) in [5.74, 6) is 2.35. The first-order chi connectivity index (χ1) is 10.3. The molecule has 0 aliphatic carbocycles. The van der Waals surface area contributed by atoms with Crippen molar-refractivity contribution in [2.24, 2.45) is 11.7 Å². The van der Waals surface area contributed by atoms with E-state index in [2.05, 4.69) is 24.1 Å². The second kappa shape index (κ2) is 6.64. The number of nitrogens with two attached hydrogens (primary N) is 1. The molecule has 0 radical (unpaired) electrons. The normalized spacial score (nSPS) is 20.0. The predicted molar refractivity (Wildman–Crippen MR) is 80.5 cm³/mol. The maximum absolute atomic E-state index is 6.02. The van der Waals surface area contributed by atoms with Gasteiger partial charge in [-0.25, -0.2) is 0 Å². The minimum atomic E-state index is 0.211. The van der Waals surface area contributed by atoms with Gasteiger partial charge in [0.15, 0.2) is 11.5 Å². The summed E-state index contributed by atoms with van der Waals surface area (Å²) in [5, 5.41) is 0. The SMILES string of the molecule is CN(CC1CCOCC1)C(CN)c1ccc2c(c1)OCO2. The highest BCUT2D eigenvalue weighted by Crippen LogP contribution is 2.35. The van der Waals surface area contributed by atoms with Gasteiger partial charge in [0.2, 0.25) is 6.79 Å². The van der Waals surface area contributed by atoms with Crippen LogP contribution in [0.5, 0.6) is 11.5 Å². The van der Waals surface area contributed by atoms with E-state index < -0.39 is 0 Å². The summed E-state index contributed by atoms with van der Waals surface area (Å²) in [5.41, 5.74) is 7.21. The van der Waals surface area contributed by atoms with Crippen LogP contribution in [0.25, 0.3) is 0 Å². The Hall–Kier alpha value is -1.30. The van der Waals surface area contributed by atoms with Gasteiger partial charge in [-0.15, -0.1) is 0 Å². The first-order valence-corrected chi connectivity index (χ1v) is 7.65. The third-order valence-corrected chi connectivity index (χ3v) is 4.42. The second-order valence-electron chi connectivity index (χ2n) is 5.86. The van der Waals surface area contributed by atoms with E-state index in [1.165, 1.54) is 5.56 Å². The fourth-order valence-electron chi connectivity index (χ4n) is 3.15. The van der Waals surface area contributed by atoms with Crippen molar-refractivity contribution >= 4 is 0 Å². The first kappa shape index (κ1) is 14.6. The molecular weight excluding hydrogens is 268 g/mol. The molecule has 1 aromatic carbocycles. The van der Waals surface area contributed by atoms with Crippen molar-refractivity contribution in [3.63, 3.8) is 0 Å². The lowest BCUT2D eigenvalue weighted by Crippen LogP contribution is -2.36. The number of nitrogens with zero attached hydrogens (tertiary/aromatic N) is 1. The van der Waals surface area contributed by atoms with Crippen LogP contribution in [0.2, 0.25) is 0 Å². The number of hydrogen-bond acceptors (Lipinski definition) is 5. The Kier molecular flexibility index (Phi) is 4.63. The molecule has 3 rings (SSSR count). The topological polar surface area (TPSA) is 57.0 Å². The van der Waals surface area contributed by atoms with Crippen molar-refractivity contribution in [3.05, 3.63) is 23.8 Å². The standard InChI is InChI=1S/C16H24N2O3/c1-18(10-12-4-6-19-7-5-12)14(9-17)13-2-3-15-16(8-13)21-11-20-15/h2-3,8,12,14H,4-7,9-11,17H2,1H3. The number of rotatable bonds is 5. The van der Waals surface area contributed by atoms with E-state index in [4.69, 9.17) is 19.9 Å². The minimum Gasteiger partial charge on any atom is -0.454 e. The van der Waals surface area contributed by atoms with Crippen LogP contribution in [0, 0.1) is 5.92 Å². The number of benzene rings is 1. The molecule has 1 saturated heterocycles. The van der Waals surface area contributed by atoms with Gasteiger partial charge in [-0.1, -0.05) is 6.07 Å². The van der Waals surface area contributed by atoms with Gasteiger partial charge in [0, 0.05) is 32.3 Å². The zero-order valence-electron chi connectivity index (χ0n) is 12.6. The average molecular weight is 292 g/mol. The number of fused-ring (bicyclic) bond motifs is 1. The Bertz CT molecular complexity index is 475. The molecular formula is C16H24N2O3. The average Bonchev–Trinajstić information content (AvgIpc) is 2.96. The molecule has 1 fully saturated rings.